The van der Waals surface area contributed by atoms with E-state index in [4.69, 9.17) is 9.47 Å². The molecule has 0 atom stereocenters. The van der Waals surface area contributed by atoms with E-state index in [0.29, 0.717) is 19.8 Å². The maximum atomic E-state index is 5.48. The number of halogens is 1. The molecule has 0 aliphatic heterocycles. The van der Waals surface area contributed by atoms with Crippen molar-refractivity contribution in [1.82, 2.24) is 0 Å². The molecule has 3 heteroatoms. The predicted octanol–water partition coefficient (Wildman–Crippen LogP) is 3.39. The number of hydrogen-bond acceptors (Lipinski definition) is 2. The highest BCUT2D eigenvalue weighted by Gasteiger charge is 1.94. The van der Waals surface area contributed by atoms with E-state index in [0.717, 1.165) is 17.5 Å². The van der Waals surface area contributed by atoms with E-state index in [-0.39, 0.29) is 0 Å². The zero-order valence-corrected chi connectivity index (χ0v) is 10.6. The van der Waals surface area contributed by atoms with Crippen LogP contribution in [-0.2, 0) is 16.1 Å². The second-order valence-corrected chi connectivity index (χ2v) is 4.21. The molecule has 0 spiro atoms. The molecule has 0 aliphatic rings. The van der Waals surface area contributed by atoms with Crippen molar-refractivity contribution in [2.45, 2.75) is 20.0 Å². The lowest BCUT2D eigenvalue weighted by Gasteiger charge is -2.05. The molecule has 15 heavy (non-hydrogen) atoms. The van der Waals surface area contributed by atoms with Gasteiger partial charge in [0.15, 0.2) is 0 Å². The maximum Gasteiger partial charge on any atom is 0.0718 e. The van der Waals surface area contributed by atoms with Gasteiger partial charge in [-0.25, -0.2) is 0 Å². The first-order chi connectivity index (χ1) is 7.33. The molecular formula is C12H17BrO2. The highest BCUT2D eigenvalue weighted by molar-refractivity contribution is 9.10. The second-order valence-electron chi connectivity index (χ2n) is 3.29. The van der Waals surface area contributed by atoms with Crippen LogP contribution in [0.5, 0.6) is 0 Å². The van der Waals surface area contributed by atoms with Gasteiger partial charge in [-0.2, -0.15) is 0 Å². The summed E-state index contributed by atoms with van der Waals surface area (Å²) in [5, 5.41) is 0. The third-order valence-corrected chi connectivity index (χ3v) is 2.37. The molecular weight excluding hydrogens is 256 g/mol. The first kappa shape index (κ1) is 12.7. The fraction of sp³-hybridized carbons (Fsp3) is 0.500. The minimum atomic E-state index is 0.648. The van der Waals surface area contributed by atoms with Crippen LogP contribution in [-0.4, -0.2) is 19.8 Å². The molecule has 1 rings (SSSR count). The van der Waals surface area contributed by atoms with Gasteiger partial charge in [0.1, 0.15) is 0 Å². The minimum absolute atomic E-state index is 0.648. The van der Waals surface area contributed by atoms with Crippen LogP contribution in [0, 0.1) is 0 Å². The van der Waals surface area contributed by atoms with Crippen molar-refractivity contribution in [1.29, 1.82) is 0 Å². The molecule has 0 unspecified atom stereocenters. The Balaban J connectivity index is 2.10. The summed E-state index contributed by atoms with van der Waals surface area (Å²) in [6.45, 7) is 4.91. The molecule has 84 valence electrons. The molecule has 0 fully saturated rings. The normalized spacial score (nSPS) is 10.5. The van der Waals surface area contributed by atoms with Crippen LogP contribution in [0.1, 0.15) is 18.9 Å². The number of rotatable bonds is 7. The van der Waals surface area contributed by atoms with E-state index in [1.54, 1.807) is 0 Å². The third-order valence-electron chi connectivity index (χ3n) is 1.88. The molecule has 0 saturated carbocycles. The van der Waals surface area contributed by atoms with Crippen LogP contribution in [0.4, 0.5) is 0 Å². The number of ether oxygens (including phenoxy) is 2. The Morgan fingerprint density at radius 1 is 1.13 bits per heavy atom. The van der Waals surface area contributed by atoms with Gasteiger partial charge in [-0.1, -0.05) is 35.0 Å². The van der Waals surface area contributed by atoms with E-state index in [1.807, 2.05) is 12.1 Å². The summed E-state index contributed by atoms with van der Waals surface area (Å²) >= 11 is 3.43. The zero-order valence-electron chi connectivity index (χ0n) is 9.04. The monoisotopic (exact) mass is 272 g/mol. The van der Waals surface area contributed by atoms with Gasteiger partial charge >= 0.3 is 0 Å². The van der Waals surface area contributed by atoms with Crippen LogP contribution in [0.3, 0.4) is 0 Å². The topological polar surface area (TPSA) is 18.5 Å². The van der Waals surface area contributed by atoms with Gasteiger partial charge in [0.2, 0.25) is 0 Å². The van der Waals surface area contributed by atoms with E-state index < -0.39 is 0 Å². The Hall–Kier alpha value is -0.380. The van der Waals surface area contributed by atoms with Gasteiger partial charge < -0.3 is 9.47 Å². The first-order valence-electron chi connectivity index (χ1n) is 5.23. The van der Waals surface area contributed by atoms with Crippen LogP contribution in [0.15, 0.2) is 28.7 Å². The quantitative estimate of drug-likeness (QED) is 0.709. The number of benzene rings is 1. The zero-order chi connectivity index (χ0) is 10.9. The summed E-state index contributed by atoms with van der Waals surface area (Å²) < 4.78 is 11.9. The first-order valence-corrected chi connectivity index (χ1v) is 6.02. The molecule has 0 N–H and O–H groups in total. The maximum absolute atomic E-state index is 5.48. The highest BCUT2D eigenvalue weighted by Crippen LogP contribution is 2.12. The van der Waals surface area contributed by atoms with Crippen molar-refractivity contribution in [3.63, 3.8) is 0 Å². The molecule has 0 amide bonds. The van der Waals surface area contributed by atoms with Gasteiger partial charge in [-0.05, 0) is 24.1 Å². The fourth-order valence-electron chi connectivity index (χ4n) is 1.18. The fourth-order valence-corrected chi connectivity index (χ4v) is 1.63. The Morgan fingerprint density at radius 3 is 2.67 bits per heavy atom. The van der Waals surface area contributed by atoms with E-state index >= 15 is 0 Å². The molecule has 1 aromatic carbocycles. The van der Waals surface area contributed by atoms with Gasteiger partial charge in [0.25, 0.3) is 0 Å². The average molecular weight is 273 g/mol. The minimum Gasteiger partial charge on any atom is -0.379 e. The van der Waals surface area contributed by atoms with Crippen molar-refractivity contribution in [3.8, 4) is 0 Å². The molecule has 0 saturated heterocycles. The van der Waals surface area contributed by atoms with E-state index in [9.17, 15) is 0 Å². The van der Waals surface area contributed by atoms with Crippen LogP contribution < -0.4 is 0 Å². The Kier molecular flexibility index (Phi) is 6.64. The Labute approximate surface area is 99.7 Å². The lowest BCUT2D eigenvalue weighted by Crippen LogP contribution is -2.04. The SMILES string of the molecule is CCCOCCOCc1cccc(Br)c1. The molecule has 2 nitrogen and oxygen atoms in total. The van der Waals surface area contributed by atoms with E-state index in [2.05, 4.69) is 35.0 Å². The van der Waals surface area contributed by atoms with Gasteiger partial charge in [-0.15, -0.1) is 0 Å². The Morgan fingerprint density at radius 2 is 1.93 bits per heavy atom. The highest BCUT2D eigenvalue weighted by atomic mass is 79.9. The van der Waals surface area contributed by atoms with Crippen molar-refractivity contribution < 1.29 is 9.47 Å². The summed E-state index contributed by atoms with van der Waals surface area (Å²) in [6, 6.07) is 8.13. The van der Waals surface area contributed by atoms with Crippen molar-refractivity contribution in [3.05, 3.63) is 34.3 Å². The van der Waals surface area contributed by atoms with Crippen LogP contribution in [0.2, 0.25) is 0 Å². The standard InChI is InChI=1S/C12H17BrO2/c1-2-6-14-7-8-15-10-11-4-3-5-12(13)9-11/h3-5,9H,2,6-8,10H2,1H3. The van der Waals surface area contributed by atoms with Gasteiger partial charge in [0.05, 0.1) is 19.8 Å². The predicted molar refractivity (Wildman–Crippen MR) is 64.9 cm³/mol. The van der Waals surface area contributed by atoms with Gasteiger partial charge in [-0.3, -0.25) is 0 Å². The van der Waals surface area contributed by atoms with Crippen molar-refractivity contribution >= 4 is 15.9 Å². The molecule has 0 radical (unpaired) electrons. The molecule has 0 heterocycles. The molecule has 0 aliphatic carbocycles. The smallest absolute Gasteiger partial charge is 0.0718 e. The average Bonchev–Trinajstić information content (AvgIpc) is 2.23. The van der Waals surface area contributed by atoms with Crippen LogP contribution >= 0.6 is 15.9 Å². The molecule has 0 aromatic heterocycles. The lowest BCUT2D eigenvalue weighted by atomic mass is 10.2. The summed E-state index contributed by atoms with van der Waals surface area (Å²) in [7, 11) is 0. The van der Waals surface area contributed by atoms with Gasteiger partial charge in [0, 0.05) is 11.1 Å². The number of hydrogen-bond donors (Lipinski definition) is 0. The van der Waals surface area contributed by atoms with E-state index in [1.165, 1.54) is 5.56 Å². The molecule has 1 aromatic rings. The Bertz CT molecular complexity index is 276. The lowest BCUT2D eigenvalue weighted by molar-refractivity contribution is 0.0408. The van der Waals surface area contributed by atoms with Crippen LogP contribution in [0.25, 0.3) is 0 Å². The summed E-state index contributed by atoms with van der Waals surface area (Å²) in [5.41, 5.74) is 1.18. The third kappa shape index (κ3) is 5.92. The second kappa shape index (κ2) is 7.85. The van der Waals surface area contributed by atoms with Crippen molar-refractivity contribution in [2.75, 3.05) is 19.8 Å². The summed E-state index contributed by atoms with van der Waals surface area (Å²) in [4.78, 5) is 0. The molecule has 0 bridgehead atoms. The summed E-state index contributed by atoms with van der Waals surface area (Å²) in [5.74, 6) is 0. The van der Waals surface area contributed by atoms with Crippen molar-refractivity contribution in [2.24, 2.45) is 0 Å². The largest absolute Gasteiger partial charge is 0.379 e. The summed E-state index contributed by atoms with van der Waals surface area (Å²) in [6.07, 6.45) is 1.06.